The molecule has 0 saturated heterocycles. The first-order valence-corrected chi connectivity index (χ1v) is 12.5. The Morgan fingerprint density at radius 3 is 2.33 bits per heavy atom. The molecule has 1 N–H and O–H groups in total. The van der Waals surface area contributed by atoms with Crippen molar-refractivity contribution in [1.82, 2.24) is 0 Å². The second-order valence-corrected chi connectivity index (χ2v) is 9.66. The topological polar surface area (TPSA) is 128 Å². The van der Waals surface area contributed by atoms with Crippen LogP contribution in [0.2, 0.25) is 0 Å². The lowest BCUT2D eigenvalue weighted by molar-refractivity contribution is -0.387. The maximum Gasteiger partial charge on any atom is 0.293 e. The molecular formula is C25H27N3O7S. The van der Waals surface area contributed by atoms with Gasteiger partial charge < -0.3 is 14.8 Å². The molecule has 10 nitrogen and oxygen atoms in total. The van der Waals surface area contributed by atoms with Crippen molar-refractivity contribution in [2.75, 3.05) is 29.9 Å². The minimum atomic E-state index is -4.54. The van der Waals surface area contributed by atoms with Crippen LogP contribution in [0.5, 0.6) is 11.5 Å². The van der Waals surface area contributed by atoms with Gasteiger partial charge in [0.1, 0.15) is 18.0 Å². The Bertz CT molecular complexity index is 1370. The summed E-state index contributed by atoms with van der Waals surface area (Å²) in [6.45, 7) is 5.26. The molecular weight excluding hydrogens is 486 g/mol. The van der Waals surface area contributed by atoms with E-state index in [9.17, 15) is 23.3 Å². The number of nitrogens with zero attached hydrogens (tertiary/aromatic N) is 2. The first-order chi connectivity index (χ1) is 17.1. The largest absolute Gasteiger partial charge is 0.497 e. The van der Waals surface area contributed by atoms with E-state index in [1.54, 1.807) is 56.3 Å². The predicted molar refractivity (Wildman–Crippen MR) is 136 cm³/mol. The number of benzene rings is 3. The van der Waals surface area contributed by atoms with Crippen molar-refractivity contribution in [3.05, 3.63) is 81.9 Å². The minimum Gasteiger partial charge on any atom is -0.497 e. The number of carbonyl (C=O) groups is 1. The average Bonchev–Trinajstić information content (AvgIpc) is 2.85. The van der Waals surface area contributed by atoms with Crippen molar-refractivity contribution in [2.45, 2.75) is 25.7 Å². The molecule has 0 atom stereocenters. The monoisotopic (exact) mass is 513 g/mol. The van der Waals surface area contributed by atoms with Crippen LogP contribution in [-0.2, 0) is 14.8 Å². The molecule has 36 heavy (non-hydrogen) atoms. The Morgan fingerprint density at radius 1 is 1.06 bits per heavy atom. The molecule has 0 aliphatic rings. The number of nitro groups is 1. The third-order valence-electron chi connectivity index (χ3n) is 5.51. The van der Waals surface area contributed by atoms with Gasteiger partial charge >= 0.3 is 0 Å². The second kappa shape index (κ2) is 11.1. The van der Waals surface area contributed by atoms with Gasteiger partial charge in [-0.05, 0) is 74.4 Å². The Labute approximate surface area is 209 Å². The lowest BCUT2D eigenvalue weighted by Gasteiger charge is -2.26. The third-order valence-corrected chi connectivity index (χ3v) is 7.32. The average molecular weight is 514 g/mol. The fourth-order valence-corrected chi connectivity index (χ4v) is 5.16. The van der Waals surface area contributed by atoms with Crippen LogP contribution in [0.3, 0.4) is 0 Å². The van der Waals surface area contributed by atoms with Crippen molar-refractivity contribution < 1.29 is 27.6 Å². The fraction of sp³-hybridized carbons (Fsp3) is 0.240. The normalized spacial score (nSPS) is 11.0. The zero-order valence-corrected chi connectivity index (χ0v) is 21.2. The van der Waals surface area contributed by atoms with Gasteiger partial charge in [0.2, 0.25) is 5.91 Å². The van der Waals surface area contributed by atoms with Crippen LogP contribution in [0.1, 0.15) is 18.1 Å². The Kier molecular flexibility index (Phi) is 8.15. The van der Waals surface area contributed by atoms with Gasteiger partial charge in [-0.2, -0.15) is 0 Å². The van der Waals surface area contributed by atoms with Gasteiger partial charge in [0.15, 0.2) is 4.90 Å². The number of hydrogen-bond acceptors (Lipinski definition) is 7. The van der Waals surface area contributed by atoms with E-state index in [1.807, 2.05) is 6.92 Å². The lowest BCUT2D eigenvalue weighted by Crippen LogP contribution is -2.39. The lowest BCUT2D eigenvalue weighted by atomic mass is 10.1. The number of methoxy groups -OCH3 is 1. The van der Waals surface area contributed by atoms with Gasteiger partial charge in [0.05, 0.1) is 30.4 Å². The molecule has 0 bridgehead atoms. The number of amides is 1. The van der Waals surface area contributed by atoms with Crippen LogP contribution < -0.4 is 19.1 Å². The molecule has 11 heteroatoms. The number of ether oxygens (including phenoxy) is 2. The number of nitro benzene ring substituents is 1. The third kappa shape index (κ3) is 5.74. The summed E-state index contributed by atoms with van der Waals surface area (Å²) in [5.41, 5.74) is 1.44. The van der Waals surface area contributed by atoms with E-state index in [0.29, 0.717) is 23.6 Å². The summed E-state index contributed by atoms with van der Waals surface area (Å²) in [6.07, 6.45) is 0. The number of hydrogen-bond donors (Lipinski definition) is 1. The maximum absolute atomic E-state index is 13.8. The van der Waals surface area contributed by atoms with Crippen LogP contribution in [0, 0.1) is 24.0 Å². The van der Waals surface area contributed by atoms with Crippen LogP contribution in [-0.4, -0.2) is 39.5 Å². The quantitative estimate of drug-likeness (QED) is 0.313. The van der Waals surface area contributed by atoms with Gasteiger partial charge in [0.25, 0.3) is 15.7 Å². The molecule has 3 rings (SSSR count). The van der Waals surface area contributed by atoms with E-state index in [1.165, 1.54) is 13.2 Å². The molecule has 0 radical (unpaired) electrons. The van der Waals surface area contributed by atoms with Crippen molar-refractivity contribution >= 4 is 33.0 Å². The number of anilines is 2. The van der Waals surface area contributed by atoms with Gasteiger partial charge in [-0.1, -0.05) is 12.1 Å². The molecule has 190 valence electrons. The smallest absolute Gasteiger partial charge is 0.293 e. The zero-order chi connectivity index (χ0) is 26.5. The molecule has 0 aliphatic heterocycles. The molecule has 0 saturated carbocycles. The predicted octanol–water partition coefficient (Wildman–Crippen LogP) is 4.45. The van der Waals surface area contributed by atoms with Gasteiger partial charge in [-0.25, -0.2) is 8.42 Å². The van der Waals surface area contributed by atoms with Crippen molar-refractivity contribution in [3.8, 4) is 11.5 Å². The molecule has 0 heterocycles. The summed E-state index contributed by atoms with van der Waals surface area (Å²) in [6, 6.07) is 15.1. The van der Waals surface area contributed by atoms with E-state index in [-0.39, 0.29) is 11.4 Å². The molecule has 3 aromatic rings. The standard InChI is InChI=1S/C25H27N3O7S/c1-5-35-20-11-9-19(10-12-20)26-25(29)16-27(22-8-6-7-17(2)18(22)3)36(32,33)24-14-13-21(34-4)15-23(24)28(30)31/h6-15H,5,16H2,1-4H3,(H,26,29). The van der Waals surface area contributed by atoms with Crippen molar-refractivity contribution in [2.24, 2.45) is 0 Å². The highest BCUT2D eigenvalue weighted by Gasteiger charge is 2.34. The number of rotatable bonds is 10. The fourth-order valence-electron chi connectivity index (χ4n) is 3.54. The minimum absolute atomic E-state index is 0.132. The highest BCUT2D eigenvalue weighted by Crippen LogP contribution is 2.34. The number of nitrogens with one attached hydrogen (secondary N) is 1. The first-order valence-electron chi connectivity index (χ1n) is 11.0. The number of sulfonamides is 1. The van der Waals surface area contributed by atoms with E-state index in [2.05, 4.69) is 5.32 Å². The van der Waals surface area contributed by atoms with Crippen LogP contribution >= 0.6 is 0 Å². The van der Waals surface area contributed by atoms with Crippen LogP contribution in [0.25, 0.3) is 0 Å². The highest BCUT2D eigenvalue weighted by atomic mass is 32.2. The zero-order valence-electron chi connectivity index (χ0n) is 20.3. The van der Waals surface area contributed by atoms with Crippen LogP contribution in [0.15, 0.2) is 65.6 Å². The molecule has 0 aromatic heterocycles. The summed E-state index contributed by atoms with van der Waals surface area (Å²) >= 11 is 0. The Morgan fingerprint density at radius 2 is 1.72 bits per heavy atom. The van der Waals surface area contributed by atoms with E-state index in [0.717, 1.165) is 22.0 Å². The molecule has 0 aliphatic carbocycles. The maximum atomic E-state index is 13.8. The molecule has 3 aromatic carbocycles. The van der Waals surface area contributed by atoms with Gasteiger partial charge in [0, 0.05) is 5.69 Å². The van der Waals surface area contributed by atoms with Crippen LogP contribution in [0.4, 0.5) is 17.1 Å². The highest BCUT2D eigenvalue weighted by molar-refractivity contribution is 7.93. The molecule has 0 unspecified atom stereocenters. The number of aryl methyl sites for hydroxylation is 1. The summed E-state index contributed by atoms with van der Waals surface area (Å²) in [5, 5.41) is 14.4. The summed E-state index contributed by atoms with van der Waals surface area (Å²) < 4.78 is 38.9. The summed E-state index contributed by atoms with van der Waals surface area (Å²) in [5.74, 6) is 0.133. The van der Waals surface area contributed by atoms with Gasteiger partial charge in [-0.15, -0.1) is 0 Å². The summed E-state index contributed by atoms with van der Waals surface area (Å²) in [7, 11) is -3.22. The molecule has 1 amide bonds. The Balaban J connectivity index is 2.04. The Hall–Kier alpha value is -4.12. The molecule has 0 spiro atoms. The second-order valence-electron chi connectivity index (χ2n) is 7.83. The summed E-state index contributed by atoms with van der Waals surface area (Å²) in [4.78, 5) is 23.4. The van der Waals surface area contributed by atoms with Crippen molar-refractivity contribution in [1.29, 1.82) is 0 Å². The van der Waals surface area contributed by atoms with Crippen molar-refractivity contribution in [3.63, 3.8) is 0 Å². The van der Waals surface area contributed by atoms with Gasteiger partial charge in [-0.3, -0.25) is 19.2 Å². The molecule has 0 fully saturated rings. The van der Waals surface area contributed by atoms with E-state index >= 15 is 0 Å². The van der Waals surface area contributed by atoms with E-state index in [4.69, 9.17) is 9.47 Å². The SMILES string of the molecule is CCOc1ccc(NC(=O)CN(c2cccc(C)c2C)S(=O)(=O)c2ccc(OC)cc2[N+](=O)[O-])cc1. The number of carbonyl (C=O) groups excluding carboxylic acids is 1. The first kappa shape index (κ1) is 26.5. The van der Waals surface area contributed by atoms with E-state index < -0.39 is 38.0 Å².